The van der Waals surface area contributed by atoms with Crippen LogP contribution in [0.15, 0.2) is 46.9 Å². The van der Waals surface area contributed by atoms with Gasteiger partial charge in [-0.05, 0) is 42.7 Å². The molecule has 14 heteroatoms. The molecule has 1 fully saturated rings. The maximum Gasteiger partial charge on any atom is 0.407 e. The van der Waals surface area contributed by atoms with E-state index in [2.05, 4.69) is 5.32 Å². The van der Waals surface area contributed by atoms with Crippen LogP contribution < -0.4 is 5.32 Å². The fourth-order valence-electron chi connectivity index (χ4n) is 4.98. The van der Waals surface area contributed by atoms with E-state index in [9.17, 15) is 26.4 Å². The van der Waals surface area contributed by atoms with Gasteiger partial charge in [0.1, 0.15) is 18.9 Å². The van der Waals surface area contributed by atoms with Crippen LogP contribution in [-0.2, 0) is 29.0 Å². The molecule has 1 aromatic carbocycles. The largest absolute Gasteiger partial charge is 0.468 e. The first-order valence-electron chi connectivity index (χ1n) is 13.5. The van der Waals surface area contributed by atoms with Crippen molar-refractivity contribution in [2.24, 2.45) is 5.92 Å². The number of ether oxygens (including phenoxy) is 3. The van der Waals surface area contributed by atoms with Gasteiger partial charge in [-0.15, -0.1) is 0 Å². The zero-order valence-electron chi connectivity index (χ0n) is 24.4. The quantitative estimate of drug-likeness (QED) is 0.214. The van der Waals surface area contributed by atoms with Crippen LogP contribution in [0.5, 0.6) is 0 Å². The molecule has 2 aliphatic rings. The lowest BCUT2D eigenvalue weighted by atomic mass is 9.85. The van der Waals surface area contributed by atoms with Crippen LogP contribution in [0.3, 0.4) is 0 Å². The van der Waals surface area contributed by atoms with Crippen LogP contribution in [0, 0.1) is 5.92 Å². The van der Waals surface area contributed by atoms with E-state index < -0.39 is 58.9 Å². The number of esters is 1. The minimum Gasteiger partial charge on any atom is -0.468 e. The van der Waals surface area contributed by atoms with E-state index in [1.807, 2.05) is 11.9 Å². The third-order valence-corrected chi connectivity index (χ3v) is 9.10. The van der Waals surface area contributed by atoms with Gasteiger partial charge in [0.15, 0.2) is 0 Å². The normalized spacial score (nSPS) is 22.4. The minimum atomic E-state index is -4.89. The number of benzene rings is 1. The van der Waals surface area contributed by atoms with Crippen molar-refractivity contribution in [1.29, 1.82) is 0 Å². The summed E-state index contributed by atoms with van der Waals surface area (Å²) in [4.78, 5) is 14.2. The lowest BCUT2D eigenvalue weighted by Crippen LogP contribution is -2.53. The number of allylic oxidation sites excluding steroid dienone is 2. The second-order valence-electron chi connectivity index (χ2n) is 10.9. The standard InChI is InChI=1S/C28H39F4N3O6S/c1-19(2)15-24(26(36)40-5)33-25(28(30,31)32)21-9-10-23(27(29,17-21)41-18-39-4)20-7-6-8-22(16-20)42(37,38)35-13-11-34(3)12-14-35/h6-10,16,19,24-25,33H,11-15,17-18H2,1-5H3. The summed E-state index contributed by atoms with van der Waals surface area (Å²) in [6, 6.07) is 1.92. The van der Waals surface area contributed by atoms with Crippen molar-refractivity contribution >= 4 is 21.6 Å². The highest BCUT2D eigenvalue weighted by molar-refractivity contribution is 7.89. The van der Waals surface area contributed by atoms with Gasteiger partial charge in [-0.1, -0.05) is 38.1 Å². The number of likely N-dealkylation sites (N-methyl/N-ethyl adjacent to an activating group) is 1. The average molecular weight is 622 g/mol. The van der Waals surface area contributed by atoms with E-state index in [1.165, 1.54) is 35.7 Å². The molecule has 0 spiro atoms. The number of rotatable bonds is 12. The fourth-order valence-corrected chi connectivity index (χ4v) is 6.45. The number of hydrogen-bond acceptors (Lipinski definition) is 8. The highest BCUT2D eigenvalue weighted by Gasteiger charge is 2.49. The Bertz CT molecular complexity index is 1260. The number of carbonyl (C=O) groups is 1. The third kappa shape index (κ3) is 8.17. The second kappa shape index (κ2) is 14.0. The number of sulfonamides is 1. The molecule has 1 aromatic rings. The molecule has 0 aromatic heterocycles. The van der Waals surface area contributed by atoms with Gasteiger partial charge >= 0.3 is 12.1 Å². The first-order chi connectivity index (χ1) is 19.6. The molecule has 1 N–H and O–H groups in total. The molecule has 3 atom stereocenters. The molecule has 0 saturated carbocycles. The molecule has 1 heterocycles. The van der Waals surface area contributed by atoms with Crippen molar-refractivity contribution in [3.05, 3.63) is 47.6 Å². The maximum absolute atomic E-state index is 16.6. The van der Waals surface area contributed by atoms with E-state index in [0.29, 0.717) is 13.1 Å². The summed E-state index contributed by atoms with van der Waals surface area (Å²) in [7, 11) is 0.305. The van der Waals surface area contributed by atoms with Crippen LogP contribution in [0.2, 0.25) is 0 Å². The van der Waals surface area contributed by atoms with Gasteiger partial charge in [0.25, 0.3) is 0 Å². The third-order valence-electron chi connectivity index (χ3n) is 7.21. The zero-order chi connectivity index (χ0) is 31.3. The molecular weight excluding hydrogens is 582 g/mol. The van der Waals surface area contributed by atoms with E-state index >= 15 is 4.39 Å². The summed E-state index contributed by atoms with van der Waals surface area (Å²) in [6.07, 6.45) is -3.42. The van der Waals surface area contributed by atoms with Crippen molar-refractivity contribution < 1.29 is 45.0 Å². The number of alkyl halides is 4. The van der Waals surface area contributed by atoms with Crippen molar-refractivity contribution in [2.45, 2.75) is 55.7 Å². The minimum absolute atomic E-state index is 0.0587. The van der Waals surface area contributed by atoms with Crippen molar-refractivity contribution in [1.82, 2.24) is 14.5 Å². The van der Waals surface area contributed by atoms with Gasteiger partial charge in [-0.25, -0.2) is 12.8 Å². The molecule has 1 saturated heterocycles. The molecule has 0 radical (unpaired) electrons. The highest BCUT2D eigenvalue weighted by atomic mass is 32.2. The molecule has 0 bridgehead atoms. The Kier molecular flexibility index (Phi) is 11.3. The number of piperazine rings is 1. The van der Waals surface area contributed by atoms with Gasteiger partial charge in [-0.2, -0.15) is 17.5 Å². The molecule has 1 aliphatic carbocycles. The molecule has 3 unspecified atom stereocenters. The Labute approximate surface area is 244 Å². The average Bonchev–Trinajstić information content (AvgIpc) is 2.93. The van der Waals surface area contributed by atoms with Gasteiger partial charge in [0, 0.05) is 45.3 Å². The van der Waals surface area contributed by atoms with Gasteiger partial charge in [0.05, 0.1) is 12.0 Å². The molecule has 0 amide bonds. The second-order valence-corrected chi connectivity index (χ2v) is 12.8. The van der Waals surface area contributed by atoms with Crippen LogP contribution in [0.4, 0.5) is 17.6 Å². The molecule has 236 valence electrons. The smallest absolute Gasteiger partial charge is 0.407 e. The SMILES string of the molecule is COCOC1(F)CC(C(NC(CC(C)C)C(=O)OC)C(F)(F)F)=CC=C1c1cccc(S(=O)(=O)N2CCN(C)CC2)c1. The van der Waals surface area contributed by atoms with E-state index in [0.717, 1.165) is 19.3 Å². The number of halogens is 4. The Morgan fingerprint density at radius 2 is 1.79 bits per heavy atom. The summed E-state index contributed by atoms with van der Waals surface area (Å²) < 4.78 is 103. The van der Waals surface area contributed by atoms with Gasteiger partial charge in [0.2, 0.25) is 15.9 Å². The molecule has 1 aliphatic heterocycles. The Balaban J connectivity index is 2.03. The molecular formula is C28H39F4N3O6S. The molecule has 9 nitrogen and oxygen atoms in total. The van der Waals surface area contributed by atoms with Gasteiger partial charge < -0.3 is 19.1 Å². The first kappa shape index (κ1) is 34.1. The Hall–Kier alpha value is -2.36. The predicted octanol–water partition coefficient (Wildman–Crippen LogP) is 3.73. The van der Waals surface area contributed by atoms with Crippen molar-refractivity contribution in [2.75, 3.05) is 54.2 Å². The number of carbonyl (C=O) groups excluding carboxylic acids is 1. The van der Waals surface area contributed by atoms with Crippen molar-refractivity contribution in [3.63, 3.8) is 0 Å². The predicted molar refractivity (Wildman–Crippen MR) is 148 cm³/mol. The number of nitrogens with zero attached hydrogens (tertiary/aromatic N) is 2. The van der Waals surface area contributed by atoms with Crippen molar-refractivity contribution in [3.8, 4) is 0 Å². The summed E-state index contributed by atoms with van der Waals surface area (Å²) in [5, 5.41) is 2.32. The van der Waals surface area contributed by atoms with Crippen LogP contribution in [0.1, 0.15) is 32.3 Å². The monoisotopic (exact) mass is 621 g/mol. The van der Waals surface area contributed by atoms with E-state index in [1.54, 1.807) is 13.8 Å². The number of methoxy groups -OCH3 is 2. The fraction of sp³-hybridized carbons (Fsp3) is 0.607. The Morgan fingerprint density at radius 1 is 1.12 bits per heavy atom. The zero-order valence-corrected chi connectivity index (χ0v) is 25.2. The molecule has 42 heavy (non-hydrogen) atoms. The summed E-state index contributed by atoms with van der Waals surface area (Å²) in [6.45, 7) is 4.60. The number of nitrogens with one attached hydrogen (secondary N) is 1. The molecule has 3 rings (SSSR count). The van der Waals surface area contributed by atoms with Crippen LogP contribution >= 0.6 is 0 Å². The number of hydrogen-bond donors (Lipinski definition) is 1. The Morgan fingerprint density at radius 3 is 2.36 bits per heavy atom. The topological polar surface area (TPSA) is 97.4 Å². The summed E-state index contributed by atoms with van der Waals surface area (Å²) >= 11 is 0. The van der Waals surface area contributed by atoms with Crippen LogP contribution in [0.25, 0.3) is 5.57 Å². The van der Waals surface area contributed by atoms with Gasteiger partial charge in [-0.3, -0.25) is 10.1 Å². The lowest BCUT2D eigenvalue weighted by molar-refractivity contribution is -0.172. The lowest BCUT2D eigenvalue weighted by Gasteiger charge is -2.36. The summed E-state index contributed by atoms with van der Waals surface area (Å²) in [5.74, 6) is -3.81. The van der Waals surface area contributed by atoms with E-state index in [-0.39, 0.29) is 41.5 Å². The maximum atomic E-state index is 16.6. The first-order valence-corrected chi connectivity index (χ1v) is 15.0. The summed E-state index contributed by atoms with van der Waals surface area (Å²) in [5.41, 5.74) is -0.446. The van der Waals surface area contributed by atoms with E-state index in [4.69, 9.17) is 14.2 Å². The highest BCUT2D eigenvalue weighted by Crippen LogP contribution is 2.44. The van der Waals surface area contributed by atoms with Crippen LogP contribution in [-0.4, -0.2) is 102 Å².